The van der Waals surface area contributed by atoms with Gasteiger partial charge in [0.15, 0.2) is 0 Å². The average molecular weight is 322 g/mol. The van der Waals surface area contributed by atoms with Crippen LogP contribution in [0.2, 0.25) is 0 Å². The molecule has 0 atom stereocenters. The highest BCUT2D eigenvalue weighted by Crippen LogP contribution is 2.17. The lowest BCUT2D eigenvalue weighted by Gasteiger charge is -2.22. The summed E-state index contributed by atoms with van der Waals surface area (Å²) < 4.78 is 0.890. The first-order valence-corrected chi connectivity index (χ1v) is 7.41. The van der Waals surface area contributed by atoms with Gasteiger partial charge in [0.2, 0.25) is 5.91 Å². The number of nitrogens with zero attached hydrogens (tertiary/aromatic N) is 2. The number of pyridine rings is 1. The maximum absolute atomic E-state index is 11.8. The van der Waals surface area contributed by atoms with Crippen molar-refractivity contribution in [3.8, 4) is 0 Å². The van der Waals surface area contributed by atoms with E-state index in [1.54, 1.807) is 0 Å². The molecule has 0 bridgehead atoms. The Balaban J connectivity index is 1.91. The summed E-state index contributed by atoms with van der Waals surface area (Å²) in [5.41, 5.74) is -0.859. The summed E-state index contributed by atoms with van der Waals surface area (Å²) in [5, 5.41) is 15.5. The van der Waals surface area contributed by atoms with Gasteiger partial charge in [0.1, 0.15) is 6.54 Å². The molecular formula is C14H18N4O5. The number of carbonyl (C=O) groups is 2. The Morgan fingerprint density at radius 2 is 1.96 bits per heavy atom. The highest BCUT2D eigenvalue weighted by molar-refractivity contribution is 5.94. The Morgan fingerprint density at radius 3 is 2.61 bits per heavy atom. The number of hydrogen-bond donors (Lipinski definition) is 2. The number of rotatable bonds is 4. The fraction of sp³-hybridized carbons (Fsp3) is 0.500. The Hall–Kier alpha value is -2.71. The average Bonchev–Trinajstić information content (AvgIpc) is 2.50. The molecular weight excluding hydrogens is 304 g/mol. The molecule has 1 aliphatic carbocycles. The second kappa shape index (κ2) is 7.52. The summed E-state index contributed by atoms with van der Waals surface area (Å²) in [6.45, 7) is -0.460. The molecule has 0 radical (unpaired) electrons. The molecule has 1 aromatic heterocycles. The van der Waals surface area contributed by atoms with Gasteiger partial charge in [-0.05, 0) is 12.8 Å². The summed E-state index contributed by atoms with van der Waals surface area (Å²) in [4.78, 5) is 45.1. The van der Waals surface area contributed by atoms with Gasteiger partial charge in [0.05, 0.1) is 11.1 Å². The van der Waals surface area contributed by atoms with Gasteiger partial charge in [-0.1, -0.05) is 19.3 Å². The Labute approximate surface area is 131 Å². The zero-order valence-corrected chi connectivity index (χ0v) is 12.5. The lowest BCUT2D eigenvalue weighted by molar-refractivity contribution is -0.385. The van der Waals surface area contributed by atoms with Crippen LogP contribution >= 0.6 is 0 Å². The fourth-order valence-electron chi connectivity index (χ4n) is 2.54. The number of urea groups is 1. The molecule has 1 aromatic rings. The molecule has 1 heterocycles. The first-order valence-electron chi connectivity index (χ1n) is 7.41. The van der Waals surface area contributed by atoms with Crippen LogP contribution in [-0.4, -0.2) is 27.5 Å². The van der Waals surface area contributed by atoms with E-state index in [9.17, 15) is 24.5 Å². The van der Waals surface area contributed by atoms with E-state index in [0.717, 1.165) is 55.0 Å². The Morgan fingerprint density at radius 1 is 1.26 bits per heavy atom. The molecule has 0 saturated heterocycles. The van der Waals surface area contributed by atoms with Gasteiger partial charge in [-0.2, -0.15) is 0 Å². The van der Waals surface area contributed by atoms with E-state index in [4.69, 9.17) is 0 Å². The minimum absolute atomic E-state index is 0.0529. The zero-order valence-electron chi connectivity index (χ0n) is 12.5. The molecule has 0 unspecified atom stereocenters. The van der Waals surface area contributed by atoms with Crippen molar-refractivity contribution in [3.05, 3.63) is 38.8 Å². The lowest BCUT2D eigenvalue weighted by atomic mass is 9.96. The normalized spacial score (nSPS) is 15.0. The predicted molar refractivity (Wildman–Crippen MR) is 80.9 cm³/mol. The smallest absolute Gasteiger partial charge is 0.321 e. The van der Waals surface area contributed by atoms with Crippen LogP contribution in [0.1, 0.15) is 32.1 Å². The number of imide groups is 1. The van der Waals surface area contributed by atoms with Crippen molar-refractivity contribution in [2.24, 2.45) is 0 Å². The highest BCUT2D eigenvalue weighted by atomic mass is 16.6. The standard InChI is InChI=1S/C14H18N4O5/c19-12(16-14(21)15-10-4-2-1-3-5-10)9-17-8-11(18(22)23)6-7-13(17)20/h6-8,10H,1-5,9H2,(H2,15,16,19,21). The molecule has 23 heavy (non-hydrogen) atoms. The van der Waals surface area contributed by atoms with E-state index in [-0.39, 0.29) is 11.7 Å². The van der Waals surface area contributed by atoms with Crippen molar-refractivity contribution in [1.82, 2.24) is 15.2 Å². The van der Waals surface area contributed by atoms with Crippen molar-refractivity contribution in [2.45, 2.75) is 44.7 Å². The van der Waals surface area contributed by atoms with Crippen molar-refractivity contribution in [2.75, 3.05) is 0 Å². The molecule has 0 aliphatic heterocycles. The molecule has 1 saturated carbocycles. The number of hydrogen-bond acceptors (Lipinski definition) is 5. The molecule has 0 spiro atoms. The van der Waals surface area contributed by atoms with Crippen molar-refractivity contribution in [3.63, 3.8) is 0 Å². The number of aromatic nitrogens is 1. The molecule has 124 valence electrons. The fourth-order valence-corrected chi connectivity index (χ4v) is 2.54. The summed E-state index contributed by atoms with van der Waals surface area (Å²) in [7, 11) is 0. The second-order valence-electron chi connectivity index (χ2n) is 5.47. The van der Waals surface area contributed by atoms with Gasteiger partial charge < -0.3 is 5.32 Å². The summed E-state index contributed by atoms with van der Waals surface area (Å²) >= 11 is 0. The Kier molecular flexibility index (Phi) is 5.45. The van der Waals surface area contributed by atoms with Gasteiger partial charge in [-0.15, -0.1) is 0 Å². The molecule has 2 N–H and O–H groups in total. The highest BCUT2D eigenvalue weighted by Gasteiger charge is 2.17. The molecule has 2 rings (SSSR count). The summed E-state index contributed by atoms with van der Waals surface area (Å²) in [5.74, 6) is -0.707. The molecule has 1 fully saturated rings. The number of nitrogens with one attached hydrogen (secondary N) is 2. The predicted octanol–water partition coefficient (Wildman–Crippen LogP) is 0.915. The molecule has 9 heteroatoms. The summed E-state index contributed by atoms with van der Waals surface area (Å²) in [6.07, 6.45) is 5.97. The second-order valence-corrected chi connectivity index (χ2v) is 5.47. The number of carbonyl (C=O) groups excluding carboxylic acids is 2. The van der Waals surface area contributed by atoms with Crippen LogP contribution in [0.5, 0.6) is 0 Å². The monoisotopic (exact) mass is 322 g/mol. The van der Waals surface area contributed by atoms with Gasteiger partial charge in [-0.3, -0.25) is 29.6 Å². The van der Waals surface area contributed by atoms with Crippen LogP contribution in [0.25, 0.3) is 0 Å². The van der Waals surface area contributed by atoms with Crippen LogP contribution in [0.4, 0.5) is 10.5 Å². The minimum Gasteiger partial charge on any atom is -0.335 e. The van der Waals surface area contributed by atoms with Gasteiger partial charge in [0.25, 0.3) is 11.2 Å². The van der Waals surface area contributed by atoms with Gasteiger partial charge in [-0.25, -0.2) is 4.79 Å². The summed E-state index contributed by atoms with van der Waals surface area (Å²) in [6, 6.07) is 1.51. The van der Waals surface area contributed by atoms with Crippen molar-refractivity contribution >= 4 is 17.6 Å². The third kappa shape index (κ3) is 4.90. The van der Waals surface area contributed by atoms with E-state index in [2.05, 4.69) is 10.6 Å². The molecule has 9 nitrogen and oxygen atoms in total. The van der Waals surface area contributed by atoms with Crippen LogP contribution < -0.4 is 16.2 Å². The molecule has 0 aromatic carbocycles. The number of nitro groups is 1. The van der Waals surface area contributed by atoms with Gasteiger partial charge in [0, 0.05) is 18.2 Å². The maximum atomic E-state index is 11.8. The first kappa shape index (κ1) is 16.7. The number of amides is 3. The van der Waals surface area contributed by atoms with Crippen LogP contribution in [0, 0.1) is 10.1 Å². The van der Waals surface area contributed by atoms with E-state index < -0.39 is 29.0 Å². The first-order chi connectivity index (χ1) is 11.0. The quantitative estimate of drug-likeness (QED) is 0.630. The van der Waals surface area contributed by atoms with E-state index in [0.29, 0.717) is 0 Å². The van der Waals surface area contributed by atoms with E-state index >= 15 is 0 Å². The van der Waals surface area contributed by atoms with E-state index in [1.807, 2.05) is 0 Å². The maximum Gasteiger partial charge on any atom is 0.321 e. The van der Waals surface area contributed by atoms with Crippen LogP contribution in [0.15, 0.2) is 23.1 Å². The zero-order chi connectivity index (χ0) is 16.8. The van der Waals surface area contributed by atoms with Crippen LogP contribution in [-0.2, 0) is 11.3 Å². The van der Waals surface area contributed by atoms with E-state index in [1.165, 1.54) is 0 Å². The third-order valence-corrected chi connectivity index (χ3v) is 3.69. The SMILES string of the molecule is O=C(Cn1cc([N+](=O)[O-])ccc1=O)NC(=O)NC1CCCCC1. The molecule has 3 amide bonds. The van der Waals surface area contributed by atoms with Crippen molar-refractivity contribution in [1.29, 1.82) is 0 Å². The van der Waals surface area contributed by atoms with Crippen molar-refractivity contribution < 1.29 is 14.5 Å². The van der Waals surface area contributed by atoms with Crippen LogP contribution in [0.3, 0.4) is 0 Å². The lowest BCUT2D eigenvalue weighted by Crippen LogP contribution is -2.46. The Bertz CT molecular complexity index is 663. The largest absolute Gasteiger partial charge is 0.335 e. The topological polar surface area (TPSA) is 123 Å². The molecule has 1 aliphatic rings. The minimum atomic E-state index is -0.707. The third-order valence-electron chi connectivity index (χ3n) is 3.69. The van der Waals surface area contributed by atoms with Gasteiger partial charge >= 0.3 is 6.03 Å².